The summed E-state index contributed by atoms with van der Waals surface area (Å²) in [5, 5.41) is 0. The van der Waals surface area contributed by atoms with E-state index in [1.54, 1.807) is 6.07 Å². The molecule has 1 rings (SSSR count). The predicted octanol–water partition coefficient (Wildman–Crippen LogP) is 2.91. The van der Waals surface area contributed by atoms with Crippen LogP contribution in [0.1, 0.15) is 36.7 Å². The largest absolute Gasteiger partial charge is 0.465 e. The summed E-state index contributed by atoms with van der Waals surface area (Å²) in [6.45, 7) is 5.88. The van der Waals surface area contributed by atoms with Gasteiger partial charge in [0.1, 0.15) is 5.82 Å². The average Bonchev–Trinajstić information content (AvgIpc) is 2.14. The van der Waals surface area contributed by atoms with Crippen molar-refractivity contribution in [1.29, 1.82) is 0 Å². The molecule has 0 heterocycles. The Balaban J connectivity index is 3.23. The van der Waals surface area contributed by atoms with E-state index < -0.39 is 11.8 Å². The number of halogens is 1. The number of esters is 1. The van der Waals surface area contributed by atoms with E-state index in [0.29, 0.717) is 0 Å². The van der Waals surface area contributed by atoms with Crippen LogP contribution in [0.2, 0.25) is 0 Å². The van der Waals surface area contributed by atoms with Crippen molar-refractivity contribution >= 4 is 5.97 Å². The van der Waals surface area contributed by atoms with Gasteiger partial charge in [0.15, 0.2) is 0 Å². The Kier molecular flexibility index (Phi) is 3.12. The first-order valence-corrected chi connectivity index (χ1v) is 4.74. The van der Waals surface area contributed by atoms with Gasteiger partial charge in [0.05, 0.1) is 12.7 Å². The third kappa shape index (κ3) is 2.78. The van der Waals surface area contributed by atoms with Crippen molar-refractivity contribution in [3.8, 4) is 0 Å². The molecule has 0 atom stereocenters. The van der Waals surface area contributed by atoms with E-state index in [4.69, 9.17) is 0 Å². The Hall–Kier alpha value is -1.38. The SMILES string of the molecule is COC(=O)c1cc(F)cc(C(C)(C)C)c1. The van der Waals surface area contributed by atoms with Crippen LogP contribution in [0.5, 0.6) is 0 Å². The van der Waals surface area contributed by atoms with Crippen LogP contribution in [0.25, 0.3) is 0 Å². The molecule has 15 heavy (non-hydrogen) atoms. The molecule has 0 aliphatic heterocycles. The van der Waals surface area contributed by atoms with Gasteiger partial charge < -0.3 is 4.74 Å². The summed E-state index contributed by atoms with van der Waals surface area (Å²) in [6, 6.07) is 4.28. The number of hydrogen-bond acceptors (Lipinski definition) is 2. The second-order valence-corrected chi connectivity index (χ2v) is 4.47. The summed E-state index contributed by atoms with van der Waals surface area (Å²) in [5.41, 5.74) is 0.843. The molecule has 0 radical (unpaired) electrons. The van der Waals surface area contributed by atoms with Gasteiger partial charge in [-0.25, -0.2) is 9.18 Å². The lowest BCUT2D eigenvalue weighted by Gasteiger charge is -2.19. The van der Waals surface area contributed by atoms with E-state index in [2.05, 4.69) is 4.74 Å². The van der Waals surface area contributed by atoms with Gasteiger partial charge >= 0.3 is 5.97 Å². The van der Waals surface area contributed by atoms with Crippen molar-refractivity contribution in [3.63, 3.8) is 0 Å². The van der Waals surface area contributed by atoms with E-state index in [9.17, 15) is 9.18 Å². The molecule has 1 aromatic rings. The lowest BCUT2D eigenvalue weighted by molar-refractivity contribution is 0.0600. The van der Waals surface area contributed by atoms with Crippen LogP contribution in [0.4, 0.5) is 4.39 Å². The highest BCUT2D eigenvalue weighted by atomic mass is 19.1. The van der Waals surface area contributed by atoms with Crippen molar-refractivity contribution in [2.75, 3.05) is 7.11 Å². The molecule has 0 N–H and O–H groups in total. The standard InChI is InChI=1S/C12H15FO2/c1-12(2,3)9-5-8(11(14)15-4)6-10(13)7-9/h5-7H,1-4H3. The summed E-state index contributed by atoms with van der Waals surface area (Å²) in [7, 11) is 1.28. The summed E-state index contributed by atoms with van der Waals surface area (Å²) in [5.74, 6) is -0.928. The van der Waals surface area contributed by atoms with E-state index in [0.717, 1.165) is 5.56 Å². The fourth-order valence-electron chi connectivity index (χ4n) is 1.26. The molecular weight excluding hydrogens is 195 g/mol. The minimum Gasteiger partial charge on any atom is -0.465 e. The molecule has 0 amide bonds. The van der Waals surface area contributed by atoms with Crippen LogP contribution in [0, 0.1) is 5.82 Å². The molecule has 0 fully saturated rings. The third-order valence-electron chi connectivity index (χ3n) is 2.18. The fourth-order valence-corrected chi connectivity index (χ4v) is 1.26. The number of hydrogen-bond donors (Lipinski definition) is 0. The van der Waals surface area contributed by atoms with Gasteiger partial charge in [-0.15, -0.1) is 0 Å². The zero-order valence-corrected chi connectivity index (χ0v) is 9.43. The number of ether oxygens (including phenoxy) is 1. The summed E-state index contributed by atoms with van der Waals surface area (Å²) in [6.07, 6.45) is 0. The lowest BCUT2D eigenvalue weighted by Crippen LogP contribution is -2.13. The molecule has 0 saturated carbocycles. The first kappa shape index (κ1) is 11.7. The molecule has 3 heteroatoms. The van der Waals surface area contributed by atoms with E-state index in [1.165, 1.54) is 19.2 Å². The Morgan fingerprint density at radius 2 is 1.87 bits per heavy atom. The molecular formula is C12H15FO2. The van der Waals surface area contributed by atoms with Gasteiger partial charge in [0, 0.05) is 0 Å². The summed E-state index contributed by atoms with van der Waals surface area (Å²) >= 11 is 0. The molecule has 0 aromatic heterocycles. The molecule has 0 aliphatic carbocycles. The van der Waals surface area contributed by atoms with Crippen LogP contribution < -0.4 is 0 Å². The van der Waals surface area contributed by atoms with E-state index in [1.807, 2.05) is 20.8 Å². The smallest absolute Gasteiger partial charge is 0.337 e. The van der Waals surface area contributed by atoms with Crippen molar-refractivity contribution in [2.45, 2.75) is 26.2 Å². The summed E-state index contributed by atoms with van der Waals surface area (Å²) < 4.78 is 17.8. The van der Waals surface area contributed by atoms with Gasteiger partial charge in [-0.2, -0.15) is 0 Å². The maximum atomic E-state index is 13.2. The van der Waals surface area contributed by atoms with E-state index in [-0.39, 0.29) is 11.0 Å². The zero-order chi connectivity index (χ0) is 11.6. The summed E-state index contributed by atoms with van der Waals surface area (Å²) in [4.78, 5) is 11.3. The molecule has 82 valence electrons. The highest BCUT2D eigenvalue weighted by Gasteiger charge is 2.17. The van der Waals surface area contributed by atoms with Crippen molar-refractivity contribution in [3.05, 3.63) is 35.1 Å². The third-order valence-corrected chi connectivity index (χ3v) is 2.18. The Morgan fingerprint density at radius 3 is 2.33 bits per heavy atom. The second kappa shape index (κ2) is 4.01. The molecule has 0 aliphatic rings. The van der Waals surface area contributed by atoms with Gasteiger partial charge in [-0.3, -0.25) is 0 Å². The van der Waals surface area contributed by atoms with Crippen molar-refractivity contribution < 1.29 is 13.9 Å². The van der Waals surface area contributed by atoms with Gasteiger partial charge in [-0.05, 0) is 29.2 Å². The normalized spacial score (nSPS) is 11.3. The highest BCUT2D eigenvalue weighted by Crippen LogP contribution is 2.24. The first-order valence-electron chi connectivity index (χ1n) is 4.74. The number of benzene rings is 1. The first-order chi connectivity index (χ1) is 6.84. The molecule has 0 unspecified atom stereocenters. The number of methoxy groups -OCH3 is 1. The van der Waals surface area contributed by atoms with Crippen LogP contribution in [-0.2, 0) is 10.2 Å². The lowest BCUT2D eigenvalue weighted by atomic mass is 9.86. The monoisotopic (exact) mass is 210 g/mol. The molecule has 0 saturated heterocycles. The Bertz CT molecular complexity index is 378. The Morgan fingerprint density at radius 1 is 1.27 bits per heavy atom. The van der Waals surface area contributed by atoms with Crippen LogP contribution >= 0.6 is 0 Å². The number of carbonyl (C=O) groups excluding carboxylic acids is 1. The van der Waals surface area contributed by atoms with Crippen LogP contribution in [-0.4, -0.2) is 13.1 Å². The quantitative estimate of drug-likeness (QED) is 0.666. The highest BCUT2D eigenvalue weighted by molar-refractivity contribution is 5.89. The van der Waals surface area contributed by atoms with Crippen LogP contribution in [0.3, 0.4) is 0 Å². The van der Waals surface area contributed by atoms with Gasteiger partial charge in [0.25, 0.3) is 0 Å². The predicted molar refractivity (Wildman–Crippen MR) is 56.4 cm³/mol. The fraction of sp³-hybridized carbons (Fsp3) is 0.417. The average molecular weight is 210 g/mol. The molecule has 2 nitrogen and oxygen atoms in total. The van der Waals surface area contributed by atoms with Crippen LogP contribution in [0.15, 0.2) is 18.2 Å². The molecule has 1 aromatic carbocycles. The molecule has 0 bridgehead atoms. The maximum Gasteiger partial charge on any atom is 0.337 e. The minimum atomic E-state index is -0.514. The minimum absolute atomic E-state index is 0.190. The maximum absolute atomic E-state index is 13.2. The zero-order valence-electron chi connectivity index (χ0n) is 9.43. The second-order valence-electron chi connectivity index (χ2n) is 4.47. The number of rotatable bonds is 1. The Labute approximate surface area is 89.1 Å². The van der Waals surface area contributed by atoms with Crippen molar-refractivity contribution in [2.24, 2.45) is 0 Å². The van der Waals surface area contributed by atoms with Crippen molar-refractivity contribution in [1.82, 2.24) is 0 Å². The van der Waals surface area contributed by atoms with Gasteiger partial charge in [-0.1, -0.05) is 20.8 Å². The van der Waals surface area contributed by atoms with Gasteiger partial charge in [0.2, 0.25) is 0 Å². The topological polar surface area (TPSA) is 26.3 Å². The number of carbonyl (C=O) groups is 1. The molecule has 0 spiro atoms. The van der Waals surface area contributed by atoms with E-state index >= 15 is 0 Å².